The summed E-state index contributed by atoms with van der Waals surface area (Å²) in [7, 11) is 0. The van der Waals surface area contributed by atoms with Crippen molar-refractivity contribution in [1.82, 2.24) is 5.32 Å². The third-order valence-electron chi connectivity index (χ3n) is 15.5. The standard InChI is InChI=1S/C67H129NO5/c1-3-5-7-9-11-13-15-17-19-21-22-23-24-25-28-31-35-39-43-47-51-55-59-65(70)64(63-69)68-66(71)60-56-52-48-44-40-36-32-29-26-30-34-38-42-46-50-54-58-62-73-67(72)61-57-53-49-45-41-37-33-27-20-18-16-14-12-10-8-6-4-2/h18,20,26,30,64-65,69-70H,3-17,19,21-25,27-29,31-63H2,1-2H3,(H,68,71)/b20-18-,30-26-. The number of esters is 1. The van der Waals surface area contributed by atoms with E-state index < -0.39 is 12.1 Å². The van der Waals surface area contributed by atoms with Gasteiger partial charge in [-0.1, -0.05) is 301 Å². The average molecular weight is 1030 g/mol. The summed E-state index contributed by atoms with van der Waals surface area (Å²) >= 11 is 0. The number of carbonyl (C=O) groups excluding carboxylic acids is 2. The first-order valence-corrected chi connectivity index (χ1v) is 33.1. The molecule has 2 atom stereocenters. The molecule has 0 heterocycles. The molecule has 6 heteroatoms. The predicted octanol–water partition coefficient (Wildman–Crippen LogP) is 21.0. The number of ether oxygens (including phenoxy) is 1. The number of aliphatic hydroxyl groups excluding tert-OH is 2. The zero-order chi connectivity index (χ0) is 52.9. The first kappa shape index (κ1) is 71.3. The van der Waals surface area contributed by atoms with Crippen molar-refractivity contribution in [3.63, 3.8) is 0 Å². The summed E-state index contributed by atoms with van der Waals surface area (Å²) in [5.41, 5.74) is 0. The van der Waals surface area contributed by atoms with E-state index in [1.807, 2.05) is 0 Å². The number of amides is 1. The Morgan fingerprint density at radius 2 is 0.644 bits per heavy atom. The lowest BCUT2D eigenvalue weighted by atomic mass is 10.0. The molecule has 0 spiro atoms. The van der Waals surface area contributed by atoms with Gasteiger partial charge in [0.2, 0.25) is 5.91 Å². The molecule has 0 aromatic carbocycles. The van der Waals surface area contributed by atoms with Gasteiger partial charge in [0.15, 0.2) is 0 Å². The molecule has 2 unspecified atom stereocenters. The van der Waals surface area contributed by atoms with Gasteiger partial charge in [0.1, 0.15) is 0 Å². The fourth-order valence-electron chi connectivity index (χ4n) is 10.4. The van der Waals surface area contributed by atoms with Crippen LogP contribution < -0.4 is 5.32 Å². The monoisotopic (exact) mass is 1030 g/mol. The van der Waals surface area contributed by atoms with E-state index in [0.29, 0.717) is 25.9 Å². The van der Waals surface area contributed by atoms with Gasteiger partial charge in [-0.25, -0.2) is 0 Å². The van der Waals surface area contributed by atoms with Crippen LogP contribution in [0.15, 0.2) is 24.3 Å². The first-order valence-electron chi connectivity index (χ1n) is 33.1. The molecule has 0 bridgehead atoms. The van der Waals surface area contributed by atoms with Crippen molar-refractivity contribution in [2.75, 3.05) is 13.2 Å². The van der Waals surface area contributed by atoms with Crippen molar-refractivity contribution in [2.45, 2.75) is 379 Å². The van der Waals surface area contributed by atoms with Crippen LogP contribution in [0.25, 0.3) is 0 Å². The first-order chi connectivity index (χ1) is 36.0. The van der Waals surface area contributed by atoms with Gasteiger partial charge in [0.05, 0.1) is 25.4 Å². The second kappa shape index (κ2) is 62.9. The summed E-state index contributed by atoms with van der Waals surface area (Å²) in [4.78, 5) is 24.6. The number of aliphatic hydroxyl groups is 2. The van der Waals surface area contributed by atoms with Crippen molar-refractivity contribution in [1.29, 1.82) is 0 Å². The van der Waals surface area contributed by atoms with Crippen molar-refractivity contribution in [3.8, 4) is 0 Å². The van der Waals surface area contributed by atoms with E-state index >= 15 is 0 Å². The maximum atomic E-state index is 12.5. The van der Waals surface area contributed by atoms with E-state index in [-0.39, 0.29) is 18.5 Å². The highest BCUT2D eigenvalue weighted by atomic mass is 16.5. The van der Waals surface area contributed by atoms with Crippen LogP contribution in [-0.2, 0) is 14.3 Å². The Morgan fingerprint density at radius 3 is 0.973 bits per heavy atom. The number of hydrogen-bond donors (Lipinski definition) is 3. The third kappa shape index (κ3) is 59.4. The molecule has 0 rings (SSSR count). The quantitative estimate of drug-likeness (QED) is 0.0320. The van der Waals surface area contributed by atoms with E-state index in [9.17, 15) is 19.8 Å². The fraction of sp³-hybridized carbons (Fsp3) is 0.910. The fourth-order valence-corrected chi connectivity index (χ4v) is 10.4. The Morgan fingerprint density at radius 1 is 0.370 bits per heavy atom. The molecule has 1 amide bonds. The molecule has 0 radical (unpaired) electrons. The van der Waals surface area contributed by atoms with Crippen molar-refractivity contribution in [3.05, 3.63) is 24.3 Å². The lowest BCUT2D eigenvalue weighted by Crippen LogP contribution is -2.45. The Balaban J connectivity index is 3.44. The minimum Gasteiger partial charge on any atom is -0.466 e. The van der Waals surface area contributed by atoms with Crippen LogP contribution in [0.2, 0.25) is 0 Å². The number of nitrogens with one attached hydrogen (secondary N) is 1. The lowest BCUT2D eigenvalue weighted by molar-refractivity contribution is -0.143. The molecular weight excluding hydrogens is 899 g/mol. The molecular formula is C67H129NO5. The van der Waals surface area contributed by atoms with Gasteiger partial charge < -0.3 is 20.3 Å². The molecule has 0 aromatic heterocycles. The molecule has 0 aliphatic rings. The minimum atomic E-state index is -0.673. The molecule has 0 aliphatic carbocycles. The van der Waals surface area contributed by atoms with Gasteiger partial charge in [-0.2, -0.15) is 0 Å². The predicted molar refractivity (Wildman–Crippen MR) is 320 cm³/mol. The average Bonchev–Trinajstić information content (AvgIpc) is 3.39. The van der Waals surface area contributed by atoms with Crippen LogP contribution in [0.3, 0.4) is 0 Å². The van der Waals surface area contributed by atoms with Gasteiger partial charge in [-0.05, 0) is 77.0 Å². The lowest BCUT2D eigenvalue weighted by Gasteiger charge is -2.22. The minimum absolute atomic E-state index is 0.00417. The van der Waals surface area contributed by atoms with Crippen LogP contribution in [0.1, 0.15) is 367 Å². The molecule has 73 heavy (non-hydrogen) atoms. The summed E-state index contributed by atoms with van der Waals surface area (Å²) in [6.45, 7) is 4.96. The van der Waals surface area contributed by atoms with E-state index in [0.717, 1.165) is 57.8 Å². The molecule has 3 N–H and O–H groups in total. The van der Waals surface area contributed by atoms with Gasteiger partial charge in [0, 0.05) is 12.8 Å². The van der Waals surface area contributed by atoms with E-state index in [2.05, 4.69) is 43.5 Å². The summed E-state index contributed by atoms with van der Waals surface area (Å²) < 4.78 is 5.48. The highest BCUT2D eigenvalue weighted by Crippen LogP contribution is 2.18. The molecule has 0 aliphatic heterocycles. The topological polar surface area (TPSA) is 95.9 Å². The molecule has 0 saturated carbocycles. The van der Waals surface area contributed by atoms with Crippen molar-refractivity contribution < 1.29 is 24.5 Å². The molecule has 0 aromatic rings. The van der Waals surface area contributed by atoms with E-state index in [1.54, 1.807) is 0 Å². The normalized spacial score (nSPS) is 12.7. The van der Waals surface area contributed by atoms with Gasteiger partial charge >= 0.3 is 5.97 Å². The zero-order valence-corrected chi connectivity index (χ0v) is 49.4. The Hall–Kier alpha value is -1.66. The Kier molecular flexibility index (Phi) is 61.4. The van der Waals surface area contributed by atoms with Gasteiger partial charge in [0.25, 0.3) is 0 Å². The molecule has 0 fully saturated rings. The summed E-state index contributed by atoms with van der Waals surface area (Å²) in [5.74, 6) is -0.0475. The largest absolute Gasteiger partial charge is 0.466 e. The van der Waals surface area contributed by atoms with Crippen LogP contribution in [0.5, 0.6) is 0 Å². The number of rotatable bonds is 62. The summed E-state index contributed by atoms with van der Waals surface area (Å²) in [6, 6.07) is -0.552. The summed E-state index contributed by atoms with van der Waals surface area (Å²) in [6.07, 6.45) is 77.7. The Bertz CT molecular complexity index is 1140. The summed E-state index contributed by atoms with van der Waals surface area (Å²) in [5, 5.41) is 23.4. The van der Waals surface area contributed by atoms with Crippen LogP contribution in [0, 0.1) is 0 Å². The van der Waals surface area contributed by atoms with Crippen LogP contribution >= 0.6 is 0 Å². The maximum Gasteiger partial charge on any atom is 0.305 e. The SMILES string of the molecule is CCCCCCCC/C=C\CCCCCCCCCC(=O)OCCCCCCCC/C=C\CCCCCCCCCC(=O)NC(CO)C(O)CCCCCCCCCCCCCCCCCCCCCCCC. The zero-order valence-electron chi connectivity index (χ0n) is 49.4. The second-order valence-electron chi connectivity index (χ2n) is 22.8. The van der Waals surface area contributed by atoms with Crippen LogP contribution in [-0.4, -0.2) is 47.4 Å². The molecule has 0 saturated heterocycles. The van der Waals surface area contributed by atoms with Crippen LogP contribution in [0.4, 0.5) is 0 Å². The van der Waals surface area contributed by atoms with Gasteiger partial charge in [-0.15, -0.1) is 0 Å². The third-order valence-corrected chi connectivity index (χ3v) is 15.5. The van der Waals surface area contributed by atoms with Gasteiger partial charge in [-0.3, -0.25) is 9.59 Å². The Labute approximate surface area is 456 Å². The maximum absolute atomic E-state index is 12.5. The molecule has 6 nitrogen and oxygen atoms in total. The number of carbonyl (C=O) groups is 2. The van der Waals surface area contributed by atoms with Crippen molar-refractivity contribution in [2.24, 2.45) is 0 Å². The molecule has 432 valence electrons. The number of unbranched alkanes of at least 4 members (excludes halogenated alkanes) is 47. The highest BCUT2D eigenvalue weighted by molar-refractivity contribution is 5.76. The smallest absolute Gasteiger partial charge is 0.305 e. The highest BCUT2D eigenvalue weighted by Gasteiger charge is 2.20. The van der Waals surface area contributed by atoms with E-state index in [1.165, 1.54) is 276 Å². The van der Waals surface area contributed by atoms with Crippen molar-refractivity contribution >= 4 is 11.9 Å². The second-order valence-corrected chi connectivity index (χ2v) is 22.8. The number of hydrogen-bond acceptors (Lipinski definition) is 5. The van der Waals surface area contributed by atoms with E-state index in [4.69, 9.17) is 4.74 Å². The number of allylic oxidation sites excluding steroid dienone is 4.